The zero-order valence-corrected chi connectivity index (χ0v) is 10.6. The highest BCUT2D eigenvalue weighted by Gasteiger charge is 2.26. The molecule has 0 spiro atoms. The Hall–Kier alpha value is -1.32. The second kappa shape index (κ2) is 6.57. The predicted octanol–water partition coefficient (Wildman–Crippen LogP) is 2.11. The minimum Gasteiger partial charge on any atom is -0.490 e. The summed E-state index contributed by atoms with van der Waals surface area (Å²) in [6.45, 7) is 6.02. The van der Waals surface area contributed by atoms with E-state index in [-0.39, 0.29) is 6.10 Å². The second-order valence-electron chi connectivity index (χ2n) is 4.87. The zero-order chi connectivity index (χ0) is 12.8. The molecular weight excluding hydrogens is 226 g/mol. The maximum atomic E-state index is 9.19. The van der Waals surface area contributed by atoms with Gasteiger partial charge in [0.2, 0.25) is 0 Å². The van der Waals surface area contributed by atoms with E-state index in [0.717, 1.165) is 31.7 Å². The SMILES string of the molecule is C=CCOc1ccc(CNCC2CC(O)C2)cc1. The van der Waals surface area contributed by atoms with Gasteiger partial charge in [-0.25, -0.2) is 0 Å². The smallest absolute Gasteiger partial charge is 0.119 e. The summed E-state index contributed by atoms with van der Waals surface area (Å²) in [5, 5.41) is 12.6. The van der Waals surface area contributed by atoms with Gasteiger partial charge in [0.05, 0.1) is 6.10 Å². The van der Waals surface area contributed by atoms with Crippen LogP contribution in [0.4, 0.5) is 0 Å². The molecular formula is C15H21NO2. The molecule has 0 aromatic heterocycles. The Morgan fingerprint density at radius 2 is 2.06 bits per heavy atom. The highest BCUT2D eigenvalue weighted by atomic mass is 16.5. The summed E-state index contributed by atoms with van der Waals surface area (Å²) in [6.07, 6.45) is 3.57. The van der Waals surface area contributed by atoms with Gasteiger partial charge in [0.25, 0.3) is 0 Å². The number of aliphatic hydroxyl groups excluding tert-OH is 1. The van der Waals surface area contributed by atoms with Crippen LogP contribution < -0.4 is 10.1 Å². The van der Waals surface area contributed by atoms with E-state index in [4.69, 9.17) is 4.74 Å². The van der Waals surface area contributed by atoms with E-state index in [1.54, 1.807) is 6.08 Å². The Morgan fingerprint density at radius 3 is 2.67 bits per heavy atom. The molecule has 2 rings (SSSR count). The number of rotatable bonds is 7. The fourth-order valence-corrected chi connectivity index (χ4v) is 2.15. The molecule has 0 saturated heterocycles. The van der Waals surface area contributed by atoms with Gasteiger partial charge in [0.1, 0.15) is 12.4 Å². The summed E-state index contributed by atoms with van der Waals surface area (Å²) in [5.74, 6) is 1.52. The lowest BCUT2D eigenvalue weighted by Gasteiger charge is -2.31. The molecule has 1 aliphatic rings. The summed E-state index contributed by atoms with van der Waals surface area (Å²) in [6, 6.07) is 8.10. The van der Waals surface area contributed by atoms with E-state index in [1.165, 1.54) is 5.56 Å². The first-order valence-electron chi connectivity index (χ1n) is 6.49. The molecule has 3 nitrogen and oxygen atoms in total. The third-order valence-corrected chi connectivity index (χ3v) is 3.26. The van der Waals surface area contributed by atoms with Crippen LogP contribution in [0.3, 0.4) is 0 Å². The van der Waals surface area contributed by atoms with Crippen LogP contribution in [0.5, 0.6) is 5.75 Å². The van der Waals surface area contributed by atoms with Crippen molar-refractivity contribution >= 4 is 0 Å². The standard InChI is InChI=1S/C15H21NO2/c1-2-7-18-15-5-3-12(4-6-15)10-16-11-13-8-14(17)9-13/h2-6,13-14,16-17H,1,7-11H2. The fourth-order valence-electron chi connectivity index (χ4n) is 2.15. The highest BCUT2D eigenvalue weighted by molar-refractivity contribution is 5.27. The van der Waals surface area contributed by atoms with Crippen LogP contribution in [0.1, 0.15) is 18.4 Å². The molecule has 18 heavy (non-hydrogen) atoms. The first kappa shape index (κ1) is 13.1. The van der Waals surface area contributed by atoms with Gasteiger partial charge < -0.3 is 15.2 Å². The van der Waals surface area contributed by atoms with Gasteiger partial charge in [-0.05, 0) is 43.0 Å². The average molecular weight is 247 g/mol. The van der Waals surface area contributed by atoms with Gasteiger partial charge >= 0.3 is 0 Å². The second-order valence-corrected chi connectivity index (χ2v) is 4.87. The molecule has 2 N–H and O–H groups in total. The molecule has 0 radical (unpaired) electrons. The van der Waals surface area contributed by atoms with Crippen LogP contribution >= 0.6 is 0 Å². The molecule has 0 unspecified atom stereocenters. The Balaban J connectivity index is 1.67. The van der Waals surface area contributed by atoms with E-state index in [0.29, 0.717) is 12.5 Å². The third-order valence-electron chi connectivity index (χ3n) is 3.26. The average Bonchev–Trinajstić information content (AvgIpc) is 2.35. The Labute approximate surface area is 108 Å². The van der Waals surface area contributed by atoms with Gasteiger partial charge in [0, 0.05) is 6.54 Å². The molecule has 0 amide bonds. The highest BCUT2D eigenvalue weighted by Crippen LogP contribution is 2.26. The van der Waals surface area contributed by atoms with Crippen LogP contribution in [0, 0.1) is 5.92 Å². The topological polar surface area (TPSA) is 41.5 Å². The van der Waals surface area contributed by atoms with E-state index in [9.17, 15) is 5.11 Å². The summed E-state index contributed by atoms with van der Waals surface area (Å²) in [4.78, 5) is 0. The normalized spacial score (nSPS) is 22.3. The van der Waals surface area contributed by atoms with Crippen molar-refractivity contribution in [1.82, 2.24) is 5.32 Å². The first-order chi connectivity index (χ1) is 8.78. The van der Waals surface area contributed by atoms with Crippen molar-refractivity contribution in [2.45, 2.75) is 25.5 Å². The monoisotopic (exact) mass is 247 g/mol. The lowest BCUT2D eigenvalue weighted by molar-refractivity contribution is 0.0430. The quantitative estimate of drug-likeness (QED) is 0.725. The number of hydrogen-bond donors (Lipinski definition) is 2. The lowest BCUT2D eigenvalue weighted by atomic mass is 9.82. The van der Waals surface area contributed by atoms with Crippen molar-refractivity contribution in [3.8, 4) is 5.75 Å². The van der Waals surface area contributed by atoms with Crippen molar-refractivity contribution in [3.05, 3.63) is 42.5 Å². The van der Waals surface area contributed by atoms with E-state index >= 15 is 0 Å². The lowest BCUT2D eigenvalue weighted by Crippen LogP contribution is -2.35. The van der Waals surface area contributed by atoms with Gasteiger partial charge in [-0.2, -0.15) is 0 Å². The summed E-state index contributed by atoms with van der Waals surface area (Å²) in [7, 11) is 0. The molecule has 0 aliphatic heterocycles. The van der Waals surface area contributed by atoms with Crippen LogP contribution in [-0.2, 0) is 6.54 Å². The molecule has 1 aromatic carbocycles. The first-order valence-corrected chi connectivity index (χ1v) is 6.49. The van der Waals surface area contributed by atoms with Crippen LogP contribution in [-0.4, -0.2) is 24.4 Å². The molecule has 0 atom stereocenters. The molecule has 0 heterocycles. The number of benzene rings is 1. The van der Waals surface area contributed by atoms with Crippen molar-refractivity contribution in [2.75, 3.05) is 13.2 Å². The number of nitrogens with one attached hydrogen (secondary N) is 1. The maximum absolute atomic E-state index is 9.19. The molecule has 1 fully saturated rings. The van der Waals surface area contributed by atoms with Gasteiger partial charge in [-0.15, -0.1) is 0 Å². The molecule has 1 aromatic rings. The third kappa shape index (κ3) is 3.86. The van der Waals surface area contributed by atoms with E-state index in [2.05, 4.69) is 24.0 Å². The molecule has 0 bridgehead atoms. The van der Waals surface area contributed by atoms with Crippen molar-refractivity contribution < 1.29 is 9.84 Å². The van der Waals surface area contributed by atoms with Gasteiger partial charge in [-0.1, -0.05) is 24.8 Å². The minimum absolute atomic E-state index is 0.0573. The van der Waals surface area contributed by atoms with Crippen molar-refractivity contribution in [1.29, 1.82) is 0 Å². The van der Waals surface area contributed by atoms with Crippen LogP contribution in [0.15, 0.2) is 36.9 Å². The van der Waals surface area contributed by atoms with Gasteiger partial charge in [0.15, 0.2) is 0 Å². The van der Waals surface area contributed by atoms with Crippen LogP contribution in [0.2, 0.25) is 0 Å². The zero-order valence-electron chi connectivity index (χ0n) is 10.6. The summed E-state index contributed by atoms with van der Waals surface area (Å²) in [5.41, 5.74) is 1.25. The maximum Gasteiger partial charge on any atom is 0.119 e. The Kier molecular flexibility index (Phi) is 4.79. The van der Waals surface area contributed by atoms with Crippen molar-refractivity contribution in [2.24, 2.45) is 5.92 Å². The summed E-state index contributed by atoms with van der Waals surface area (Å²) >= 11 is 0. The minimum atomic E-state index is -0.0573. The summed E-state index contributed by atoms with van der Waals surface area (Å²) < 4.78 is 5.42. The Morgan fingerprint density at radius 1 is 1.33 bits per heavy atom. The largest absolute Gasteiger partial charge is 0.490 e. The van der Waals surface area contributed by atoms with Gasteiger partial charge in [-0.3, -0.25) is 0 Å². The molecule has 1 aliphatic carbocycles. The molecule has 1 saturated carbocycles. The molecule has 3 heteroatoms. The predicted molar refractivity (Wildman–Crippen MR) is 72.6 cm³/mol. The number of aliphatic hydroxyl groups is 1. The van der Waals surface area contributed by atoms with Crippen molar-refractivity contribution in [3.63, 3.8) is 0 Å². The number of hydrogen-bond acceptors (Lipinski definition) is 3. The van der Waals surface area contributed by atoms with Crippen LogP contribution in [0.25, 0.3) is 0 Å². The Bertz CT molecular complexity index is 369. The van der Waals surface area contributed by atoms with E-state index in [1.807, 2.05) is 12.1 Å². The fraction of sp³-hybridized carbons (Fsp3) is 0.467. The molecule has 98 valence electrons. The van der Waals surface area contributed by atoms with E-state index < -0.39 is 0 Å². The number of ether oxygens (including phenoxy) is 1.